The lowest BCUT2D eigenvalue weighted by Gasteiger charge is -2.29. The Bertz CT molecular complexity index is 621. The van der Waals surface area contributed by atoms with Crippen molar-refractivity contribution in [2.24, 2.45) is 0 Å². The number of methoxy groups -OCH3 is 1. The van der Waals surface area contributed by atoms with Crippen LogP contribution in [0.4, 0.5) is 0 Å². The minimum absolute atomic E-state index is 0.296. The largest absolute Gasteiger partial charge is 0.380 e. The number of ether oxygens (including phenoxy) is 1. The van der Waals surface area contributed by atoms with Gasteiger partial charge in [0, 0.05) is 32.1 Å². The van der Waals surface area contributed by atoms with Gasteiger partial charge in [0.25, 0.3) is 0 Å². The molecule has 2 fully saturated rings. The fourth-order valence-electron chi connectivity index (χ4n) is 3.88. The van der Waals surface area contributed by atoms with Crippen LogP contribution >= 0.6 is 0 Å². The van der Waals surface area contributed by atoms with Gasteiger partial charge in [-0.1, -0.05) is 12.8 Å². The van der Waals surface area contributed by atoms with Crippen LogP contribution in [0, 0.1) is 0 Å². The van der Waals surface area contributed by atoms with E-state index in [2.05, 4.69) is 24.5 Å². The van der Waals surface area contributed by atoms with E-state index in [9.17, 15) is 0 Å². The van der Waals surface area contributed by atoms with Crippen LogP contribution in [0.15, 0.2) is 18.6 Å². The molecule has 3 heterocycles. The van der Waals surface area contributed by atoms with E-state index >= 15 is 0 Å². The maximum atomic E-state index is 5.63. The van der Waals surface area contributed by atoms with Gasteiger partial charge in [0.2, 0.25) is 0 Å². The number of nitrogens with zero attached hydrogens (tertiary/aromatic N) is 5. The Labute approximate surface area is 124 Å². The zero-order chi connectivity index (χ0) is 14.2. The summed E-state index contributed by atoms with van der Waals surface area (Å²) in [6.45, 7) is 1.01. The molecule has 21 heavy (non-hydrogen) atoms. The molecule has 1 aliphatic carbocycles. The highest BCUT2D eigenvalue weighted by Gasteiger charge is 2.40. The second-order valence-corrected chi connectivity index (χ2v) is 6.11. The SMILES string of the molecule is CO[C@@H]1C[C@@H](c2nnc3cnccn23)N(C2CCCC2)C1. The minimum Gasteiger partial charge on any atom is -0.380 e. The Morgan fingerprint density at radius 3 is 2.90 bits per heavy atom. The summed E-state index contributed by atoms with van der Waals surface area (Å²) in [5, 5.41) is 8.70. The Morgan fingerprint density at radius 2 is 2.10 bits per heavy atom. The molecule has 0 unspecified atom stereocenters. The van der Waals surface area contributed by atoms with Crippen molar-refractivity contribution in [1.29, 1.82) is 0 Å². The molecule has 0 amide bonds. The van der Waals surface area contributed by atoms with Gasteiger partial charge in [-0.05, 0) is 19.3 Å². The summed E-state index contributed by atoms with van der Waals surface area (Å²) in [6.07, 6.45) is 12.1. The number of likely N-dealkylation sites (tertiary alicyclic amines) is 1. The third-order valence-electron chi connectivity index (χ3n) is 4.97. The molecule has 0 N–H and O–H groups in total. The van der Waals surface area contributed by atoms with Gasteiger partial charge in [0.15, 0.2) is 11.5 Å². The molecule has 0 aromatic carbocycles. The molecule has 2 aromatic heterocycles. The van der Waals surface area contributed by atoms with Crippen molar-refractivity contribution in [2.45, 2.75) is 50.3 Å². The highest BCUT2D eigenvalue weighted by atomic mass is 16.5. The van der Waals surface area contributed by atoms with Crippen molar-refractivity contribution in [3.8, 4) is 0 Å². The fraction of sp³-hybridized carbons (Fsp3) is 0.667. The van der Waals surface area contributed by atoms with Gasteiger partial charge in [-0.3, -0.25) is 14.3 Å². The molecule has 2 aromatic rings. The van der Waals surface area contributed by atoms with Crippen LogP contribution in [-0.4, -0.2) is 50.3 Å². The van der Waals surface area contributed by atoms with Crippen LogP contribution in [0.3, 0.4) is 0 Å². The number of rotatable bonds is 3. The van der Waals surface area contributed by atoms with Gasteiger partial charge in [-0.25, -0.2) is 0 Å². The number of aromatic nitrogens is 4. The average Bonchev–Trinajstić information content (AvgIpc) is 3.24. The quantitative estimate of drug-likeness (QED) is 0.862. The van der Waals surface area contributed by atoms with E-state index in [1.165, 1.54) is 25.7 Å². The topological polar surface area (TPSA) is 55.6 Å². The van der Waals surface area contributed by atoms with E-state index in [0.717, 1.165) is 24.4 Å². The lowest BCUT2D eigenvalue weighted by atomic mass is 10.1. The molecule has 0 spiro atoms. The van der Waals surface area contributed by atoms with E-state index in [1.807, 2.05) is 13.3 Å². The molecule has 6 heteroatoms. The van der Waals surface area contributed by atoms with Crippen molar-refractivity contribution < 1.29 is 4.74 Å². The summed E-state index contributed by atoms with van der Waals surface area (Å²) < 4.78 is 7.70. The predicted octanol–water partition coefficient (Wildman–Crippen LogP) is 1.83. The zero-order valence-electron chi connectivity index (χ0n) is 12.4. The Hall–Kier alpha value is -1.53. The van der Waals surface area contributed by atoms with Crippen LogP contribution in [0.5, 0.6) is 0 Å². The third-order valence-corrected chi connectivity index (χ3v) is 4.97. The Kier molecular flexibility index (Phi) is 3.35. The summed E-state index contributed by atoms with van der Waals surface area (Å²) in [6, 6.07) is 0.972. The van der Waals surface area contributed by atoms with Gasteiger partial charge in [-0.2, -0.15) is 0 Å². The highest BCUT2D eigenvalue weighted by molar-refractivity contribution is 5.34. The first-order valence-electron chi connectivity index (χ1n) is 7.80. The minimum atomic E-state index is 0.296. The zero-order valence-corrected chi connectivity index (χ0v) is 12.4. The predicted molar refractivity (Wildman–Crippen MR) is 77.9 cm³/mol. The molecule has 2 atom stereocenters. The van der Waals surface area contributed by atoms with Crippen molar-refractivity contribution in [3.05, 3.63) is 24.4 Å². The van der Waals surface area contributed by atoms with Crippen molar-refractivity contribution >= 4 is 5.65 Å². The van der Waals surface area contributed by atoms with Gasteiger partial charge < -0.3 is 4.74 Å². The van der Waals surface area contributed by atoms with Crippen molar-refractivity contribution in [2.75, 3.05) is 13.7 Å². The fourth-order valence-corrected chi connectivity index (χ4v) is 3.88. The molecule has 4 rings (SSSR count). The van der Waals surface area contributed by atoms with Crippen LogP contribution in [0.1, 0.15) is 44.0 Å². The summed E-state index contributed by atoms with van der Waals surface area (Å²) in [5.41, 5.74) is 0.819. The van der Waals surface area contributed by atoms with Crippen molar-refractivity contribution in [3.63, 3.8) is 0 Å². The molecule has 0 radical (unpaired) electrons. The third kappa shape index (κ3) is 2.22. The molecule has 6 nitrogen and oxygen atoms in total. The molecule has 1 aliphatic heterocycles. The molecular formula is C15H21N5O. The van der Waals surface area contributed by atoms with Crippen LogP contribution in [0.2, 0.25) is 0 Å². The first kappa shape index (κ1) is 13.2. The average molecular weight is 287 g/mol. The molecule has 1 saturated heterocycles. The van der Waals surface area contributed by atoms with E-state index < -0.39 is 0 Å². The molecule has 1 saturated carbocycles. The lowest BCUT2D eigenvalue weighted by Crippen LogP contribution is -2.34. The smallest absolute Gasteiger partial charge is 0.179 e. The Morgan fingerprint density at radius 1 is 1.24 bits per heavy atom. The van der Waals surface area contributed by atoms with Gasteiger partial charge >= 0.3 is 0 Å². The van der Waals surface area contributed by atoms with E-state index in [0.29, 0.717) is 18.2 Å². The Balaban J connectivity index is 1.70. The van der Waals surface area contributed by atoms with Crippen LogP contribution < -0.4 is 0 Å². The standard InChI is InChI=1S/C15H21N5O/c1-21-12-8-13(20(10-12)11-4-2-3-5-11)15-18-17-14-9-16-6-7-19(14)15/h6-7,9,11-13H,2-5,8,10H2,1H3/t12-,13+/m1/s1. The first-order valence-corrected chi connectivity index (χ1v) is 7.80. The maximum Gasteiger partial charge on any atom is 0.179 e. The van der Waals surface area contributed by atoms with Crippen LogP contribution in [0.25, 0.3) is 5.65 Å². The maximum absolute atomic E-state index is 5.63. The van der Waals surface area contributed by atoms with E-state index in [-0.39, 0.29) is 0 Å². The number of hydrogen-bond acceptors (Lipinski definition) is 5. The molecule has 0 bridgehead atoms. The van der Waals surface area contributed by atoms with Crippen molar-refractivity contribution in [1.82, 2.24) is 24.5 Å². The monoisotopic (exact) mass is 287 g/mol. The first-order chi connectivity index (χ1) is 10.4. The molecule has 2 aliphatic rings. The van der Waals surface area contributed by atoms with Gasteiger partial charge in [0.05, 0.1) is 18.3 Å². The van der Waals surface area contributed by atoms with Gasteiger partial charge in [0.1, 0.15) is 0 Å². The van der Waals surface area contributed by atoms with E-state index in [1.54, 1.807) is 12.4 Å². The second-order valence-electron chi connectivity index (χ2n) is 6.11. The highest BCUT2D eigenvalue weighted by Crippen LogP contribution is 2.38. The second kappa shape index (κ2) is 5.35. The number of hydrogen-bond donors (Lipinski definition) is 0. The summed E-state index contributed by atoms with van der Waals surface area (Å²) in [7, 11) is 1.81. The normalized spacial score (nSPS) is 27.9. The molecular weight excluding hydrogens is 266 g/mol. The summed E-state index contributed by atoms with van der Waals surface area (Å²) in [5.74, 6) is 1.03. The molecule has 112 valence electrons. The van der Waals surface area contributed by atoms with Gasteiger partial charge in [-0.15, -0.1) is 10.2 Å². The summed E-state index contributed by atoms with van der Waals surface area (Å²) in [4.78, 5) is 6.71. The summed E-state index contributed by atoms with van der Waals surface area (Å²) >= 11 is 0. The van der Waals surface area contributed by atoms with Crippen LogP contribution in [-0.2, 0) is 4.74 Å². The lowest BCUT2D eigenvalue weighted by molar-refractivity contribution is 0.0997. The van der Waals surface area contributed by atoms with E-state index in [4.69, 9.17) is 4.74 Å². The number of fused-ring (bicyclic) bond motifs is 1.